The van der Waals surface area contributed by atoms with Crippen LogP contribution in [0.1, 0.15) is 51.4 Å². The first-order valence-corrected chi connectivity index (χ1v) is 9.50. The van der Waals surface area contributed by atoms with Gasteiger partial charge in [-0.2, -0.15) is 12.7 Å². The summed E-state index contributed by atoms with van der Waals surface area (Å²) in [6.07, 6.45) is 9.45. The largest absolute Gasteiger partial charge is 0.330 e. The number of rotatable bonds is 7. The van der Waals surface area contributed by atoms with Gasteiger partial charge in [-0.25, -0.2) is 4.72 Å². The van der Waals surface area contributed by atoms with E-state index in [-0.39, 0.29) is 0 Å². The molecule has 1 saturated carbocycles. The van der Waals surface area contributed by atoms with E-state index in [2.05, 4.69) is 4.72 Å². The van der Waals surface area contributed by atoms with Crippen LogP contribution in [0.25, 0.3) is 0 Å². The molecular formula is C14H29N3O2S. The third-order valence-electron chi connectivity index (χ3n) is 4.70. The molecule has 0 aromatic heterocycles. The molecule has 0 radical (unpaired) electrons. The van der Waals surface area contributed by atoms with Gasteiger partial charge in [-0.15, -0.1) is 0 Å². The van der Waals surface area contributed by atoms with E-state index in [4.69, 9.17) is 5.73 Å². The van der Waals surface area contributed by atoms with Crippen molar-refractivity contribution in [2.45, 2.75) is 51.4 Å². The summed E-state index contributed by atoms with van der Waals surface area (Å²) in [6, 6.07) is 0. The van der Waals surface area contributed by atoms with Crippen LogP contribution in [-0.2, 0) is 10.2 Å². The lowest BCUT2D eigenvalue weighted by Crippen LogP contribution is -2.47. The van der Waals surface area contributed by atoms with Gasteiger partial charge in [-0.3, -0.25) is 0 Å². The van der Waals surface area contributed by atoms with E-state index in [0.717, 1.165) is 31.6 Å². The Hall–Kier alpha value is -0.170. The quantitative estimate of drug-likeness (QED) is 0.699. The first-order chi connectivity index (χ1) is 9.62. The summed E-state index contributed by atoms with van der Waals surface area (Å²) >= 11 is 0. The molecular weight excluding hydrogens is 274 g/mol. The van der Waals surface area contributed by atoms with Gasteiger partial charge in [0.2, 0.25) is 0 Å². The highest BCUT2D eigenvalue weighted by molar-refractivity contribution is 7.87. The summed E-state index contributed by atoms with van der Waals surface area (Å²) in [6.45, 7) is 2.36. The maximum atomic E-state index is 12.2. The van der Waals surface area contributed by atoms with Crippen molar-refractivity contribution < 1.29 is 8.42 Å². The Morgan fingerprint density at radius 2 is 1.80 bits per heavy atom. The molecule has 118 valence electrons. The smallest absolute Gasteiger partial charge is 0.279 e. The molecule has 0 amide bonds. The van der Waals surface area contributed by atoms with E-state index in [1.165, 1.54) is 25.7 Å². The van der Waals surface area contributed by atoms with Crippen molar-refractivity contribution in [3.05, 3.63) is 0 Å². The van der Waals surface area contributed by atoms with E-state index in [1.807, 2.05) is 0 Å². The predicted molar refractivity (Wildman–Crippen MR) is 81.5 cm³/mol. The molecule has 0 bridgehead atoms. The maximum absolute atomic E-state index is 12.2. The monoisotopic (exact) mass is 303 g/mol. The summed E-state index contributed by atoms with van der Waals surface area (Å²) in [5.41, 5.74) is 5.66. The van der Waals surface area contributed by atoms with Crippen LogP contribution in [0.5, 0.6) is 0 Å². The van der Waals surface area contributed by atoms with Crippen molar-refractivity contribution in [3.8, 4) is 0 Å². The van der Waals surface area contributed by atoms with E-state index in [0.29, 0.717) is 32.1 Å². The minimum absolute atomic E-state index is 0.318. The molecule has 0 aromatic carbocycles. The van der Waals surface area contributed by atoms with Crippen molar-refractivity contribution in [1.29, 1.82) is 0 Å². The molecule has 1 unspecified atom stereocenters. The molecule has 1 heterocycles. The van der Waals surface area contributed by atoms with Gasteiger partial charge in [0.1, 0.15) is 0 Å². The number of nitrogens with one attached hydrogen (secondary N) is 1. The number of hydrogen-bond donors (Lipinski definition) is 2. The zero-order valence-corrected chi connectivity index (χ0v) is 13.2. The lowest BCUT2D eigenvalue weighted by atomic mass is 10.0. The van der Waals surface area contributed by atoms with Crippen molar-refractivity contribution in [2.75, 3.05) is 26.2 Å². The number of piperidine rings is 1. The zero-order chi connectivity index (χ0) is 14.4. The molecule has 2 fully saturated rings. The van der Waals surface area contributed by atoms with Crippen LogP contribution in [0.15, 0.2) is 0 Å². The molecule has 1 saturated heterocycles. The van der Waals surface area contributed by atoms with Crippen LogP contribution in [0.2, 0.25) is 0 Å². The predicted octanol–water partition coefficient (Wildman–Crippen LogP) is 1.46. The Bertz CT molecular complexity index is 380. The normalized spacial score (nSPS) is 26.1. The summed E-state index contributed by atoms with van der Waals surface area (Å²) in [5, 5.41) is 0. The van der Waals surface area contributed by atoms with Gasteiger partial charge in [0.15, 0.2) is 0 Å². The lowest BCUT2D eigenvalue weighted by molar-refractivity contribution is 0.268. The SMILES string of the molecule is NCC1CCCN(S(=O)(=O)NCCCC2CCCC2)C1. The Kier molecular flexibility index (Phi) is 6.26. The Labute approximate surface area is 123 Å². The van der Waals surface area contributed by atoms with Crippen molar-refractivity contribution in [2.24, 2.45) is 17.6 Å². The van der Waals surface area contributed by atoms with Gasteiger partial charge in [-0.05, 0) is 44.1 Å². The molecule has 6 heteroatoms. The number of nitrogens with two attached hydrogens (primary N) is 1. The van der Waals surface area contributed by atoms with Crippen molar-refractivity contribution in [3.63, 3.8) is 0 Å². The number of nitrogens with zero attached hydrogens (tertiary/aromatic N) is 1. The van der Waals surface area contributed by atoms with Gasteiger partial charge in [0, 0.05) is 19.6 Å². The fraction of sp³-hybridized carbons (Fsp3) is 1.00. The molecule has 2 rings (SSSR count). The second kappa shape index (κ2) is 7.73. The van der Waals surface area contributed by atoms with Gasteiger partial charge in [0.05, 0.1) is 0 Å². The van der Waals surface area contributed by atoms with E-state index >= 15 is 0 Å². The fourth-order valence-corrected chi connectivity index (χ4v) is 4.78. The molecule has 20 heavy (non-hydrogen) atoms. The molecule has 0 aromatic rings. The van der Waals surface area contributed by atoms with Gasteiger partial charge in [0.25, 0.3) is 10.2 Å². The van der Waals surface area contributed by atoms with Crippen LogP contribution in [0, 0.1) is 11.8 Å². The summed E-state index contributed by atoms with van der Waals surface area (Å²) in [5.74, 6) is 1.15. The van der Waals surface area contributed by atoms with Crippen LogP contribution in [-0.4, -0.2) is 38.9 Å². The lowest BCUT2D eigenvalue weighted by Gasteiger charge is -2.31. The first-order valence-electron chi connectivity index (χ1n) is 8.06. The third-order valence-corrected chi connectivity index (χ3v) is 6.28. The second-order valence-electron chi connectivity index (χ2n) is 6.29. The van der Waals surface area contributed by atoms with Gasteiger partial charge >= 0.3 is 0 Å². The minimum atomic E-state index is -3.29. The molecule has 3 N–H and O–H groups in total. The van der Waals surface area contributed by atoms with Crippen LogP contribution < -0.4 is 10.5 Å². The van der Waals surface area contributed by atoms with Crippen LogP contribution in [0.3, 0.4) is 0 Å². The van der Waals surface area contributed by atoms with Crippen LogP contribution in [0.4, 0.5) is 0 Å². The molecule has 1 aliphatic heterocycles. The van der Waals surface area contributed by atoms with Gasteiger partial charge in [-0.1, -0.05) is 25.7 Å². The standard InChI is InChI=1S/C14H29N3O2S/c15-11-14-8-4-10-17(12-14)20(18,19)16-9-3-7-13-5-1-2-6-13/h13-14,16H,1-12,15H2. The van der Waals surface area contributed by atoms with E-state index < -0.39 is 10.2 Å². The Morgan fingerprint density at radius 3 is 2.50 bits per heavy atom. The fourth-order valence-electron chi connectivity index (χ4n) is 3.42. The summed E-state index contributed by atoms with van der Waals surface area (Å²) < 4.78 is 28.8. The highest BCUT2D eigenvalue weighted by Crippen LogP contribution is 2.28. The number of hydrogen-bond acceptors (Lipinski definition) is 3. The third kappa shape index (κ3) is 4.69. The average molecular weight is 303 g/mol. The Balaban J connectivity index is 1.69. The molecule has 0 spiro atoms. The maximum Gasteiger partial charge on any atom is 0.279 e. The summed E-state index contributed by atoms with van der Waals surface area (Å²) in [7, 11) is -3.29. The molecule has 2 aliphatic rings. The van der Waals surface area contributed by atoms with Crippen molar-refractivity contribution >= 4 is 10.2 Å². The minimum Gasteiger partial charge on any atom is -0.330 e. The zero-order valence-electron chi connectivity index (χ0n) is 12.4. The topological polar surface area (TPSA) is 75.4 Å². The van der Waals surface area contributed by atoms with Crippen LogP contribution >= 0.6 is 0 Å². The average Bonchev–Trinajstić information content (AvgIpc) is 2.97. The van der Waals surface area contributed by atoms with E-state index in [9.17, 15) is 8.42 Å². The van der Waals surface area contributed by atoms with Crippen molar-refractivity contribution in [1.82, 2.24) is 9.03 Å². The highest BCUT2D eigenvalue weighted by atomic mass is 32.2. The molecule has 1 aliphatic carbocycles. The van der Waals surface area contributed by atoms with Gasteiger partial charge < -0.3 is 5.73 Å². The molecule has 5 nitrogen and oxygen atoms in total. The highest BCUT2D eigenvalue weighted by Gasteiger charge is 2.27. The second-order valence-corrected chi connectivity index (χ2v) is 8.05. The first kappa shape index (κ1) is 16.2. The summed E-state index contributed by atoms with van der Waals surface area (Å²) in [4.78, 5) is 0. The van der Waals surface area contributed by atoms with E-state index in [1.54, 1.807) is 4.31 Å². The Morgan fingerprint density at radius 1 is 1.10 bits per heavy atom. The molecule has 1 atom stereocenters.